The molecular formula is C24H23F6N3O2S. The third-order valence-corrected chi connectivity index (χ3v) is 5.80. The average molecular weight is 532 g/mol. The van der Waals surface area contributed by atoms with Crippen LogP contribution in [0.1, 0.15) is 36.1 Å². The van der Waals surface area contributed by atoms with Crippen molar-refractivity contribution in [3.05, 3.63) is 63.6 Å². The Labute approximate surface area is 208 Å². The van der Waals surface area contributed by atoms with Crippen molar-refractivity contribution in [2.24, 2.45) is 10.9 Å². The fourth-order valence-electron chi connectivity index (χ4n) is 3.25. The smallest absolute Gasteiger partial charge is 0.416 e. The quantitative estimate of drug-likeness (QED) is 0.370. The summed E-state index contributed by atoms with van der Waals surface area (Å²) in [6.45, 7) is 3.87. The number of nitrogens with one attached hydrogen (secondary N) is 2. The molecule has 0 bridgehead atoms. The minimum absolute atomic E-state index is 0.0906. The first-order chi connectivity index (χ1) is 16.8. The van der Waals surface area contributed by atoms with Gasteiger partial charge in [-0.3, -0.25) is 4.79 Å². The van der Waals surface area contributed by atoms with Gasteiger partial charge in [0.15, 0.2) is 0 Å². The summed E-state index contributed by atoms with van der Waals surface area (Å²) in [5, 5.41) is 5.65. The van der Waals surface area contributed by atoms with Gasteiger partial charge in [-0.25, -0.2) is 0 Å². The molecule has 0 fully saturated rings. The van der Waals surface area contributed by atoms with Crippen molar-refractivity contribution < 1.29 is 35.9 Å². The minimum atomic E-state index is -4.99. The van der Waals surface area contributed by atoms with E-state index < -0.39 is 35.6 Å². The van der Waals surface area contributed by atoms with Crippen LogP contribution in [0.15, 0.2) is 46.3 Å². The molecule has 0 saturated carbocycles. The monoisotopic (exact) mass is 531 g/mol. The van der Waals surface area contributed by atoms with E-state index in [4.69, 9.17) is 4.74 Å². The highest BCUT2D eigenvalue weighted by molar-refractivity contribution is 8.18. The zero-order valence-electron chi connectivity index (χ0n) is 19.5. The molecule has 2 N–H and O–H groups in total. The Bertz CT molecular complexity index is 1190. The number of alkyl halides is 6. The third-order valence-electron chi connectivity index (χ3n) is 5.00. The van der Waals surface area contributed by atoms with Gasteiger partial charge in [0.2, 0.25) is 0 Å². The minimum Gasteiger partial charge on any atom is -0.487 e. The van der Waals surface area contributed by atoms with Crippen LogP contribution in [0.4, 0.5) is 36.8 Å². The van der Waals surface area contributed by atoms with Gasteiger partial charge in [-0.05, 0) is 53.6 Å². The molecule has 1 heterocycles. The van der Waals surface area contributed by atoms with Crippen LogP contribution in [0, 0.1) is 5.92 Å². The zero-order chi connectivity index (χ0) is 26.7. The number of carbonyl (C=O) groups is 1. The number of anilines is 1. The van der Waals surface area contributed by atoms with Crippen LogP contribution in [-0.4, -0.2) is 24.7 Å². The van der Waals surface area contributed by atoms with Crippen LogP contribution < -0.4 is 15.4 Å². The maximum atomic E-state index is 13.5. The molecule has 0 spiro atoms. The lowest BCUT2D eigenvalue weighted by Crippen LogP contribution is -2.16. The number of rotatable bonds is 7. The Kier molecular flexibility index (Phi) is 8.27. The highest BCUT2D eigenvalue weighted by Crippen LogP contribution is 2.38. The fraction of sp³-hybridized carbons (Fsp3) is 0.333. The molecule has 1 amide bonds. The standard InChI is InChI=1S/C24H23F6N3O2S/c1-13(2)11-32-18-8-14(9-20-21(31-3)33-22(34)36-20)4-7-19(18)35-12-15-5-6-16(23(25,26)27)10-17(15)24(28,29)30/h4-10,13,32H,11-12H2,1-3H3,(H,31,33,34). The Hall–Kier alpha value is -3.15. The van der Waals surface area contributed by atoms with E-state index in [1.165, 1.54) is 0 Å². The normalized spacial score (nSPS) is 15.4. The second-order valence-corrected chi connectivity index (χ2v) is 9.27. The van der Waals surface area contributed by atoms with Crippen molar-refractivity contribution in [2.75, 3.05) is 18.9 Å². The molecule has 0 radical (unpaired) electrons. The van der Waals surface area contributed by atoms with Crippen LogP contribution in [0.5, 0.6) is 5.75 Å². The number of likely N-dealkylation sites (N-methyl/N-ethyl adjacent to an activating group) is 1. The first-order valence-corrected chi connectivity index (χ1v) is 11.6. The highest BCUT2D eigenvalue weighted by Gasteiger charge is 2.38. The lowest BCUT2D eigenvalue weighted by Gasteiger charge is -2.18. The Morgan fingerprint density at radius 3 is 2.39 bits per heavy atom. The molecule has 2 aromatic carbocycles. The molecule has 5 nitrogen and oxygen atoms in total. The highest BCUT2D eigenvalue weighted by atomic mass is 32.2. The number of amides is 1. The predicted molar refractivity (Wildman–Crippen MR) is 128 cm³/mol. The fourth-order valence-corrected chi connectivity index (χ4v) is 4.02. The summed E-state index contributed by atoms with van der Waals surface area (Å²) in [6, 6.07) is 6.37. The van der Waals surface area contributed by atoms with Crippen molar-refractivity contribution in [3.8, 4) is 5.75 Å². The van der Waals surface area contributed by atoms with Crippen molar-refractivity contribution in [2.45, 2.75) is 32.8 Å². The van der Waals surface area contributed by atoms with E-state index in [9.17, 15) is 31.1 Å². The summed E-state index contributed by atoms with van der Waals surface area (Å²) in [5.41, 5.74) is -2.05. The van der Waals surface area contributed by atoms with Crippen LogP contribution >= 0.6 is 11.8 Å². The second kappa shape index (κ2) is 10.9. The number of aliphatic imine (C=N–C) groups is 1. The lowest BCUT2D eigenvalue weighted by molar-refractivity contribution is -0.143. The zero-order valence-corrected chi connectivity index (χ0v) is 20.3. The molecule has 36 heavy (non-hydrogen) atoms. The number of carbonyl (C=O) groups excluding carboxylic acids is 1. The molecule has 3 rings (SSSR count). The number of hydrogen-bond donors (Lipinski definition) is 2. The number of thioether (sulfide) groups is 1. The van der Waals surface area contributed by atoms with Gasteiger partial charge in [0, 0.05) is 19.2 Å². The summed E-state index contributed by atoms with van der Waals surface area (Å²) < 4.78 is 84.9. The van der Waals surface area contributed by atoms with E-state index in [0.29, 0.717) is 34.6 Å². The van der Waals surface area contributed by atoms with Crippen molar-refractivity contribution in [1.29, 1.82) is 0 Å². The molecule has 0 atom stereocenters. The van der Waals surface area contributed by atoms with E-state index in [1.807, 2.05) is 13.8 Å². The van der Waals surface area contributed by atoms with Gasteiger partial charge in [-0.15, -0.1) is 0 Å². The Morgan fingerprint density at radius 2 is 1.78 bits per heavy atom. The number of benzene rings is 2. The van der Waals surface area contributed by atoms with Gasteiger partial charge in [0.05, 0.1) is 21.7 Å². The molecule has 0 saturated heterocycles. The molecule has 1 aliphatic heterocycles. The van der Waals surface area contributed by atoms with Crippen LogP contribution in [0.2, 0.25) is 0 Å². The van der Waals surface area contributed by atoms with Crippen LogP contribution in [0.3, 0.4) is 0 Å². The number of nitrogens with zero attached hydrogens (tertiary/aromatic N) is 1. The van der Waals surface area contributed by atoms with Gasteiger partial charge in [0.25, 0.3) is 0 Å². The predicted octanol–water partition coefficient (Wildman–Crippen LogP) is 7.20. The van der Waals surface area contributed by atoms with Gasteiger partial charge >= 0.3 is 17.6 Å². The maximum Gasteiger partial charge on any atom is 0.416 e. The van der Waals surface area contributed by atoms with Gasteiger partial charge in [0.1, 0.15) is 18.2 Å². The molecular weight excluding hydrogens is 508 g/mol. The molecule has 0 aromatic heterocycles. The van der Waals surface area contributed by atoms with E-state index in [1.54, 1.807) is 31.3 Å². The topological polar surface area (TPSA) is 62.7 Å². The Morgan fingerprint density at radius 1 is 1.06 bits per heavy atom. The first-order valence-electron chi connectivity index (χ1n) is 10.8. The van der Waals surface area contributed by atoms with E-state index >= 15 is 0 Å². The number of amidine groups is 1. The van der Waals surface area contributed by atoms with E-state index in [-0.39, 0.29) is 23.0 Å². The average Bonchev–Trinajstić information content (AvgIpc) is 3.14. The summed E-state index contributed by atoms with van der Waals surface area (Å²) in [6.07, 6.45) is -8.16. The largest absolute Gasteiger partial charge is 0.487 e. The van der Waals surface area contributed by atoms with Crippen LogP contribution in [-0.2, 0) is 19.0 Å². The van der Waals surface area contributed by atoms with Crippen molar-refractivity contribution >= 4 is 34.6 Å². The van der Waals surface area contributed by atoms with Gasteiger partial charge < -0.3 is 15.4 Å². The molecule has 1 aliphatic rings. The third kappa shape index (κ3) is 6.96. The number of halogens is 6. The molecule has 194 valence electrons. The summed E-state index contributed by atoms with van der Waals surface area (Å²) >= 11 is 0.953. The first kappa shape index (κ1) is 27.4. The van der Waals surface area contributed by atoms with Crippen molar-refractivity contribution in [3.63, 3.8) is 0 Å². The molecule has 0 unspecified atom stereocenters. The van der Waals surface area contributed by atoms with Gasteiger partial charge in [-0.2, -0.15) is 31.3 Å². The molecule has 12 heteroatoms. The molecule has 0 aliphatic carbocycles. The molecule has 2 aromatic rings. The van der Waals surface area contributed by atoms with E-state index in [0.717, 1.165) is 17.8 Å². The SMILES string of the molecule is CNC1=NC(=O)SC1=Cc1ccc(OCc2ccc(C(F)(F)F)cc2C(F)(F)F)c(NCC(C)C)c1. The second-order valence-electron chi connectivity index (χ2n) is 8.27. The number of ether oxygens (including phenoxy) is 1. The van der Waals surface area contributed by atoms with Gasteiger partial charge in [-0.1, -0.05) is 26.0 Å². The summed E-state index contributed by atoms with van der Waals surface area (Å²) in [4.78, 5) is 16.1. The maximum absolute atomic E-state index is 13.5. The summed E-state index contributed by atoms with van der Waals surface area (Å²) in [7, 11) is 1.63. The number of hydrogen-bond acceptors (Lipinski definition) is 5. The van der Waals surface area contributed by atoms with Crippen LogP contribution in [0.25, 0.3) is 6.08 Å². The lowest BCUT2D eigenvalue weighted by atomic mass is 10.0. The van der Waals surface area contributed by atoms with Crippen molar-refractivity contribution in [1.82, 2.24) is 5.32 Å². The van der Waals surface area contributed by atoms with E-state index in [2.05, 4.69) is 15.6 Å². The Balaban J connectivity index is 1.91. The summed E-state index contributed by atoms with van der Waals surface area (Å²) in [5.74, 6) is 0.880.